The second-order valence-corrected chi connectivity index (χ2v) is 10.2. The molecule has 0 radical (unpaired) electrons. The van der Waals surface area contributed by atoms with Crippen LogP contribution in [0.1, 0.15) is 29.9 Å². The maximum Gasteiger partial charge on any atom is 0.362 e. The van der Waals surface area contributed by atoms with Crippen molar-refractivity contribution in [1.82, 2.24) is 29.6 Å². The van der Waals surface area contributed by atoms with Gasteiger partial charge in [0.15, 0.2) is 10.8 Å². The summed E-state index contributed by atoms with van der Waals surface area (Å²) in [5.41, 5.74) is 10.00. The average molecular weight is 544 g/mol. The lowest BCUT2D eigenvalue weighted by molar-refractivity contribution is -0.153. The van der Waals surface area contributed by atoms with Crippen molar-refractivity contribution in [3.8, 4) is 0 Å². The van der Waals surface area contributed by atoms with Crippen molar-refractivity contribution in [3.63, 3.8) is 0 Å². The van der Waals surface area contributed by atoms with Crippen LogP contribution in [0.3, 0.4) is 0 Å². The Labute approximate surface area is 207 Å². The second kappa shape index (κ2) is 9.08. The van der Waals surface area contributed by atoms with Gasteiger partial charge in [-0.25, -0.2) is 14.1 Å². The molecule has 2 amide bonds. The highest BCUT2D eigenvalue weighted by atomic mass is 32.2. The number of carbonyl (C=O) groups excluding carboxylic acids is 2. The predicted molar refractivity (Wildman–Crippen MR) is 121 cm³/mol. The number of rotatable bonds is 10. The summed E-state index contributed by atoms with van der Waals surface area (Å²) in [6.07, 6.45) is 0.348. The third-order valence-corrected chi connectivity index (χ3v) is 7.17. The number of thiazole rings is 1. The van der Waals surface area contributed by atoms with Crippen molar-refractivity contribution in [2.24, 2.45) is 10.9 Å². The van der Waals surface area contributed by atoms with E-state index in [0.717, 1.165) is 16.1 Å². The Balaban J connectivity index is 1.60. The quantitative estimate of drug-likeness (QED) is 0.0908. The fraction of sp³-hybridized carbons (Fsp3) is 0.471. The van der Waals surface area contributed by atoms with E-state index in [9.17, 15) is 32.5 Å². The summed E-state index contributed by atoms with van der Waals surface area (Å²) < 4.78 is 33.3. The molecule has 7 N–H and O–H groups in total. The summed E-state index contributed by atoms with van der Waals surface area (Å²) in [5, 5.41) is 25.0. The highest BCUT2D eigenvalue weighted by Crippen LogP contribution is 2.40. The number of oxime groups is 1. The maximum atomic E-state index is 13.1. The van der Waals surface area contributed by atoms with E-state index in [4.69, 9.17) is 16.3 Å². The number of β-lactam (4-membered cyclic amide) rings is 1. The zero-order valence-electron chi connectivity index (χ0n) is 18.6. The maximum absolute atomic E-state index is 13.1. The van der Waals surface area contributed by atoms with Crippen molar-refractivity contribution in [2.45, 2.75) is 50.5 Å². The monoisotopic (exact) mass is 543 g/mol. The fourth-order valence-electron chi connectivity index (χ4n) is 3.44. The Morgan fingerprint density at radius 3 is 2.58 bits per heavy atom. The van der Waals surface area contributed by atoms with Gasteiger partial charge in [0, 0.05) is 24.8 Å². The zero-order valence-corrected chi connectivity index (χ0v) is 20.2. The van der Waals surface area contributed by atoms with Crippen molar-refractivity contribution < 1.29 is 37.3 Å². The number of hydrogen-bond acceptors (Lipinski definition) is 13. The Morgan fingerprint density at radius 2 is 2.08 bits per heavy atom. The van der Waals surface area contributed by atoms with Gasteiger partial charge in [0.25, 0.3) is 11.8 Å². The van der Waals surface area contributed by atoms with Crippen molar-refractivity contribution in [3.05, 3.63) is 22.5 Å². The lowest BCUT2D eigenvalue weighted by atomic mass is 9.98. The SMILES string of the molecule is Cc1nn(C[C@H]2C(NC(=O)/C(=N\OC3(C(=O)O)CC3)c3csc(N)n3)C(=O)N2S(=O)(=O)O)nc1CN. The van der Waals surface area contributed by atoms with Crippen LogP contribution in [0, 0.1) is 6.92 Å². The molecular formula is C17H21N9O8S2. The number of aromatic nitrogens is 4. The third kappa shape index (κ3) is 4.72. The molecule has 194 valence electrons. The number of nitrogens with one attached hydrogen (secondary N) is 1. The first-order valence-corrected chi connectivity index (χ1v) is 12.6. The minimum absolute atomic E-state index is 0.0527. The van der Waals surface area contributed by atoms with Gasteiger partial charge in [-0.05, 0) is 6.92 Å². The zero-order chi connectivity index (χ0) is 26.4. The van der Waals surface area contributed by atoms with E-state index < -0.39 is 51.5 Å². The van der Waals surface area contributed by atoms with Crippen LogP contribution in [0.5, 0.6) is 0 Å². The molecule has 2 atom stereocenters. The van der Waals surface area contributed by atoms with Gasteiger partial charge in [-0.1, -0.05) is 5.16 Å². The number of nitrogens with zero attached hydrogens (tertiary/aromatic N) is 6. The number of carboxylic acids is 1. The first-order valence-electron chi connectivity index (χ1n) is 10.3. The van der Waals surface area contributed by atoms with Crippen LogP contribution in [-0.2, 0) is 42.6 Å². The first kappa shape index (κ1) is 25.4. The molecule has 1 unspecified atom stereocenters. The third-order valence-electron chi connectivity index (χ3n) is 5.55. The number of anilines is 1. The molecule has 19 heteroatoms. The van der Waals surface area contributed by atoms with Crippen LogP contribution in [-0.4, -0.2) is 83.5 Å². The fourth-order valence-corrected chi connectivity index (χ4v) is 4.86. The van der Waals surface area contributed by atoms with Gasteiger partial charge in [0.05, 0.1) is 17.9 Å². The summed E-state index contributed by atoms with van der Waals surface area (Å²) >= 11 is 0.973. The number of carbonyl (C=O) groups is 3. The molecule has 4 rings (SSSR count). The molecule has 3 heterocycles. The molecular weight excluding hydrogens is 522 g/mol. The highest BCUT2D eigenvalue weighted by molar-refractivity contribution is 7.84. The molecule has 0 spiro atoms. The minimum Gasteiger partial charge on any atom is -0.478 e. The predicted octanol–water partition coefficient (Wildman–Crippen LogP) is -2.38. The number of nitrogen functional groups attached to an aromatic ring is 1. The Morgan fingerprint density at radius 1 is 1.39 bits per heavy atom. The molecule has 2 aromatic rings. The number of amides is 2. The molecule has 17 nitrogen and oxygen atoms in total. The number of aryl methyl sites for hydroxylation is 1. The Kier molecular flexibility index (Phi) is 6.41. The number of carboxylic acid groups (broad SMARTS) is 1. The van der Waals surface area contributed by atoms with Gasteiger partial charge in [-0.2, -0.15) is 23.4 Å². The summed E-state index contributed by atoms with van der Waals surface area (Å²) in [7, 11) is -4.97. The van der Waals surface area contributed by atoms with Gasteiger partial charge < -0.3 is 26.7 Å². The molecule has 36 heavy (non-hydrogen) atoms. The van der Waals surface area contributed by atoms with Crippen LogP contribution >= 0.6 is 11.3 Å². The summed E-state index contributed by atoms with van der Waals surface area (Å²) in [4.78, 5) is 47.2. The van der Waals surface area contributed by atoms with E-state index in [-0.39, 0.29) is 41.1 Å². The standard InChI is InChI=1S/C17H21N9O8S2/c1-7-8(4-18)23-25(22-7)5-10-12(14(28)26(10)36(31,32)33)21-13(27)11(9-6-35-16(19)20-9)24-34-17(2-3-17)15(29)30/h6,10,12H,2-5,18H2,1H3,(H2,19,20)(H,21,27)(H,29,30)(H,31,32,33)/b24-11-/t10-,12?/m0/s1. The Hall–Kier alpha value is -3.68. The van der Waals surface area contributed by atoms with E-state index in [1.807, 2.05) is 0 Å². The summed E-state index contributed by atoms with van der Waals surface area (Å²) in [5.74, 6) is -3.41. The number of nitrogens with two attached hydrogens (primary N) is 2. The minimum atomic E-state index is -4.97. The largest absolute Gasteiger partial charge is 0.478 e. The molecule has 2 aromatic heterocycles. The smallest absolute Gasteiger partial charge is 0.362 e. The molecule has 1 saturated carbocycles. The second-order valence-electron chi connectivity index (χ2n) is 8.02. The van der Waals surface area contributed by atoms with E-state index in [1.165, 1.54) is 5.38 Å². The molecule has 0 bridgehead atoms. The molecule has 1 aliphatic carbocycles. The summed E-state index contributed by atoms with van der Waals surface area (Å²) in [6, 6.07) is -2.74. The van der Waals surface area contributed by atoms with Gasteiger partial charge in [0.1, 0.15) is 17.8 Å². The van der Waals surface area contributed by atoms with Crippen LogP contribution in [0.15, 0.2) is 10.5 Å². The molecule has 1 aliphatic heterocycles. The lowest BCUT2D eigenvalue weighted by Gasteiger charge is -2.43. The van der Waals surface area contributed by atoms with Crippen LogP contribution in [0.4, 0.5) is 5.13 Å². The van der Waals surface area contributed by atoms with E-state index >= 15 is 0 Å². The normalized spacial score (nSPS) is 21.1. The van der Waals surface area contributed by atoms with Crippen LogP contribution in [0.25, 0.3) is 0 Å². The molecule has 0 aromatic carbocycles. The first-order chi connectivity index (χ1) is 16.9. The van der Waals surface area contributed by atoms with Crippen LogP contribution in [0.2, 0.25) is 0 Å². The van der Waals surface area contributed by atoms with E-state index in [2.05, 4.69) is 25.7 Å². The summed E-state index contributed by atoms with van der Waals surface area (Å²) in [6.45, 7) is 1.38. The number of hydrogen-bond donors (Lipinski definition) is 5. The number of aliphatic carboxylic acids is 1. The molecule has 1 saturated heterocycles. The molecule has 2 fully saturated rings. The lowest BCUT2D eigenvalue weighted by Crippen LogP contribution is -2.73. The average Bonchev–Trinajstić information content (AvgIpc) is 3.34. The Bertz CT molecular complexity index is 1360. The van der Waals surface area contributed by atoms with Crippen molar-refractivity contribution in [2.75, 3.05) is 5.73 Å². The topological polar surface area (TPSA) is 258 Å². The van der Waals surface area contributed by atoms with Crippen molar-refractivity contribution >= 4 is 50.3 Å². The van der Waals surface area contributed by atoms with Crippen molar-refractivity contribution in [1.29, 1.82) is 0 Å². The van der Waals surface area contributed by atoms with Gasteiger partial charge in [-0.3, -0.25) is 14.1 Å². The van der Waals surface area contributed by atoms with Gasteiger partial charge >= 0.3 is 16.3 Å². The van der Waals surface area contributed by atoms with Gasteiger partial charge in [-0.15, -0.1) is 11.3 Å². The molecule has 2 aliphatic rings. The van der Waals surface area contributed by atoms with Gasteiger partial charge in [0.2, 0.25) is 5.60 Å². The highest BCUT2D eigenvalue weighted by Gasteiger charge is 2.56. The van der Waals surface area contributed by atoms with E-state index in [1.54, 1.807) is 6.92 Å². The van der Waals surface area contributed by atoms with E-state index in [0.29, 0.717) is 11.4 Å². The van der Waals surface area contributed by atoms with Crippen LogP contribution < -0.4 is 16.8 Å².